The van der Waals surface area contributed by atoms with E-state index in [1.165, 1.54) is 70.2 Å². The molecule has 0 radical (unpaired) electrons. The SMILES string of the molecule is CC(=O)Oc1cc(C)cc(/C=C/c2cc(OC(C)=O)c(OC(C)=O)c(OC(C)=O)c2)c1.Oc1cc(O)cc(/C=C/c2cc(O)c(O)c(O)c2)c1. The standard InChI is InChI=1S/C23H22O8.C14H12O5/c1-13-8-18(10-20(9-13)28-14(2)24)6-7-19-11-21(29-15(3)25)23(31-17(5)27)22(12-19)30-16(4)26;15-10-3-8(4-11(16)7-10)1-2-9-5-12(17)14(19)13(18)6-9/h6-12H,1-5H3;1-7,15-19H/b7-6+;2-1+. The smallest absolute Gasteiger partial charge is 0.308 e. The summed E-state index contributed by atoms with van der Waals surface area (Å²) in [4.78, 5) is 45.7. The summed E-state index contributed by atoms with van der Waals surface area (Å²) in [5, 5.41) is 46.5. The molecule has 0 aliphatic rings. The van der Waals surface area contributed by atoms with Crippen LogP contribution in [-0.2, 0) is 19.2 Å². The highest BCUT2D eigenvalue weighted by Gasteiger charge is 2.19. The molecule has 0 aliphatic carbocycles. The van der Waals surface area contributed by atoms with Crippen molar-refractivity contribution < 1.29 is 63.7 Å². The largest absolute Gasteiger partial charge is 0.508 e. The monoisotopic (exact) mass is 686 g/mol. The number of phenolic OH excluding ortho intramolecular Hbond substituents is 5. The number of hydrogen-bond acceptors (Lipinski definition) is 13. The summed E-state index contributed by atoms with van der Waals surface area (Å²) in [6, 6.07) is 14.8. The van der Waals surface area contributed by atoms with E-state index in [9.17, 15) is 44.7 Å². The van der Waals surface area contributed by atoms with Gasteiger partial charge in [0.15, 0.2) is 28.7 Å². The van der Waals surface area contributed by atoms with Crippen LogP contribution in [0.25, 0.3) is 24.3 Å². The molecule has 4 rings (SSSR count). The van der Waals surface area contributed by atoms with Gasteiger partial charge in [0.2, 0.25) is 5.75 Å². The van der Waals surface area contributed by atoms with E-state index >= 15 is 0 Å². The summed E-state index contributed by atoms with van der Waals surface area (Å²) in [5.74, 6) is -3.92. The van der Waals surface area contributed by atoms with Gasteiger partial charge in [-0.05, 0) is 83.3 Å². The van der Waals surface area contributed by atoms with Gasteiger partial charge in [0.1, 0.15) is 17.2 Å². The number of benzene rings is 4. The van der Waals surface area contributed by atoms with E-state index < -0.39 is 41.1 Å². The molecule has 50 heavy (non-hydrogen) atoms. The first kappa shape index (κ1) is 37.7. The molecular formula is C37H34O13. The van der Waals surface area contributed by atoms with E-state index in [2.05, 4.69) is 0 Å². The van der Waals surface area contributed by atoms with Crippen molar-refractivity contribution in [3.05, 3.63) is 88.5 Å². The fraction of sp³-hybridized carbons (Fsp3) is 0.135. The van der Waals surface area contributed by atoms with Crippen LogP contribution in [0.4, 0.5) is 0 Å². The van der Waals surface area contributed by atoms with Crippen LogP contribution in [0, 0.1) is 6.92 Å². The molecule has 4 aromatic rings. The predicted octanol–water partition coefficient (Wildman–Crippen LogP) is 6.25. The van der Waals surface area contributed by atoms with Gasteiger partial charge in [0, 0.05) is 33.8 Å². The van der Waals surface area contributed by atoms with E-state index in [0.717, 1.165) is 11.1 Å². The highest BCUT2D eigenvalue weighted by Crippen LogP contribution is 2.40. The van der Waals surface area contributed by atoms with Gasteiger partial charge in [-0.25, -0.2) is 0 Å². The third-order valence-electron chi connectivity index (χ3n) is 6.08. The Labute approximate surface area is 286 Å². The first-order chi connectivity index (χ1) is 23.5. The van der Waals surface area contributed by atoms with Gasteiger partial charge in [0.25, 0.3) is 0 Å². The second-order valence-electron chi connectivity index (χ2n) is 10.7. The molecule has 0 atom stereocenters. The number of esters is 4. The van der Waals surface area contributed by atoms with Crippen LogP contribution >= 0.6 is 0 Å². The van der Waals surface area contributed by atoms with Gasteiger partial charge in [-0.3, -0.25) is 19.2 Å². The minimum Gasteiger partial charge on any atom is -0.508 e. The third-order valence-corrected chi connectivity index (χ3v) is 6.08. The Morgan fingerprint density at radius 2 is 0.880 bits per heavy atom. The number of carbonyl (C=O) groups is 4. The van der Waals surface area contributed by atoms with Crippen molar-refractivity contribution in [2.24, 2.45) is 0 Å². The highest BCUT2D eigenvalue weighted by atomic mass is 16.6. The zero-order chi connectivity index (χ0) is 37.1. The Kier molecular flexibility index (Phi) is 12.7. The highest BCUT2D eigenvalue weighted by molar-refractivity contribution is 5.81. The predicted molar refractivity (Wildman–Crippen MR) is 182 cm³/mol. The Balaban J connectivity index is 0.000000303. The van der Waals surface area contributed by atoms with E-state index in [0.29, 0.717) is 22.4 Å². The summed E-state index contributed by atoms with van der Waals surface area (Å²) in [6.07, 6.45) is 6.53. The number of carbonyl (C=O) groups excluding carboxylic acids is 4. The molecule has 0 spiro atoms. The van der Waals surface area contributed by atoms with Crippen LogP contribution in [0.3, 0.4) is 0 Å². The lowest BCUT2D eigenvalue weighted by Crippen LogP contribution is -2.10. The van der Waals surface area contributed by atoms with Crippen molar-refractivity contribution >= 4 is 48.2 Å². The van der Waals surface area contributed by atoms with Crippen molar-refractivity contribution in [1.29, 1.82) is 0 Å². The van der Waals surface area contributed by atoms with Crippen molar-refractivity contribution in [2.45, 2.75) is 34.6 Å². The van der Waals surface area contributed by atoms with Crippen LogP contribution in [0.5, 0.6) is 51.7 Å². The first-order valence-corrected chi connectivity index (χ1v) is 14.7. The molecule has 4 aromatic carbocycles. The van der Waals surface area contributed by atoms with Gasteiger partial charge in [0.05, 0.1) is 0 Å². The zero-order valence-corrected chi connectivity index (χ0v) is 27.6. The number of phenols is 5. The van der Waals surface area contributed by atoms with E-state index in [4.69, 9.17) is 18.9 Å². The van der Waals surface area contributed by atoms with Gasteiger partial charge in [-0.15, -0.1) is 0 Å². The molecule has 0 aromatic heterocycles. The van der Waals surface area contributed by atoms with Gasteiger partial charge >= 0.3 is 23.9 Å². The summed E-state index contributed by atoms with van der Waals surface area (Å²) >= 11 is 0. The van der Waals surface area contributed by atoms with Crippen molar-refractivity contribution in [1.82, 2.24) is 0 Å². The summed E-state index contributed by atoms with van der Waals surface area (Å²) in [5.41, 5.74) is 3.12. The Morgan fingerprint density at radius 3 is 1.32 bits per heavy atom. The maximum Gasteiger partial charge on any atom is 0.308 e. The minimum atomic E-state index is -0.678. The lowest BCUT2D eigenvalue weighted by molar-refractivity contribution is -0.135. The van der Waals surface area contributed by atoms with Gasteiger partial charge in [-0.1, -0.05) is 30.4 Å². The molecular weight excluding hydrogens is 652 g/mol. The van der Waals surface area contributed by atoms with Crippen LogP contribution in [-0.4, -0.2) is 49.4 Å². The molecule has 0 saturated heterocycles. The van der Waals surface area contributed by atoms with Crippen LogP contribution < -0.4 is 18.9 Å². The topological polar surface area (TPSA) is 206 Å². The Hall–Kier alpha value is -6.76. The van der Waals surface area contributed by atoms with E-state index in [-0.39, 0.29) is 28.7 Å². The van der Waals surface area contributed by atoms with E-state index in [1.54, 1.807) is 36.4 Å². The summed E-state index contributed by atoms with van der Waals surface area (Å²) in [6.45, 7) is 6.72. The molecule has 13 nitrogen and oxygen atoms in total. The average molecular weight is 687 g/mol. The number of aryl methyl sites for hydroxylation is 1. The maximum absolute atomic E-state index is 11.5. The zero-order valence-electron chi connectivity index (χ0n) is 27.6. The normalized spacial score (nSPS) is 10.7. The molecule has 0 unspecified atom stereocenters. The fourth-order valence-corrected chi connectivity index (χ4v) is 4.32. The molecule has 0 heterocycles. The number of rotatable bonds is 8. The molecule has 0 amide bonds. The molecule has 260 valence electrons. The molecule has 13 heteroatoms. The lowest BCUT2D eigenvalue weighted by atomic mass is 10.1. The maximum atomic E-state index is 11.5. The fourth-order valence-electron chi connectivity index (χ4n) is 4.32. The molecule has 0 fully saturated rings. The van der Waals surface area contributed by atoms with E-state index in [1.807, 2.05) is 13.0 Å². The number of hydrogen-bond donors (Lipinski definition) is 5. The van der Waals surface area contributed by atoms with Gasteiger partial charge < -0.3 is 44.5 Å². The summed E-state index contributed by atoms with van der Waals surface area (Å²) in [7, 11) is 0. The summed E-state index contributed by atoms with van der Waals surface area (Å²) < 4.78 is 20.5. The number of aromatic hydroxyl groups is 5. The second-order valence-corrected chi connectivity index (χ2v) is 10.7. The second kappa shape index (κ2) is 16.9. The van der Waals surface area contributed by atoms with Crippen LogP contribution in [0.2, 0.25) is 0 Å². The Bertz CT molecular complexity index is 1910. The number of ether oxygens (including phenoxy) is 4. The minimum absolute atomic E-state index is 0.0731. The third kappa shape index (κ3) is 11.8. The van der Waals surface area contributed by atoms with Crippen LogP contribution in [0.1, 0.15) is 55.5 Å². The van der Waals surface area contributed by atoms with Crippen molar-refractivity contribution in [3.63, 3.8) is 0 Å². The Morgan fingerprint density at radius 1 is 0.480 bits per heavy atom. The average Bonchev–Trinajstić information content (AvgIpc) is 2.98. The molecule has 0 bridgehead atoms. The van der Waals surface area contributed by atoms with Crippen molar-refractivity contribution in [3.8, 4) is 51.7 Å². The molecule has 0 aliphatic heterocycles. The lowest BCUT2D eigenvalue weighted by Gasteiger charge is -2.14. The van der Waals surface area contributed by atoms with Crippen LogP contribution in [0.15, 0.2) is 60.7 Å². The first-order valence-electron chi connectivity index (χ1n) is 14.7. The van der Waals surface area contributed by atoms with Crippen molar-refractivity contribution in [2.75, 3.05) is 0 Å². The molecule has 0 saturated carbocycles. The van der Waals surface area contributed by atoms with Gasteiger partial charge in [-0.2, -0.15) is 0 Å². The quantitative estimate of drug-likeness (QED) is 0.0602. The molecule has 5 N–H and O–H groups in total.